The molecular weight excluding hydrogens is 275 g/mol. The first kappa shape index (κ1) is 15.6. The Kier molecular flexibility index (Phi) is 6.27. The van der Waals surface area contributed by atoms with Crippen molar-refractivity contribution < 1.29 is 18.7 Å². The van der Waals surface area contributed by atoms with Crippen molar-refractivity contribution in [1.82, 2.24) is 5.32 Å². The lowest BCUT2D eigenvalue weighted by Crippen LogP contribution is -2.29. The Morgan fingerprint density at radius 2 is 2.19 bits per heavy atom. The summed E-state index contributed by atoms with van der Waals surface area (Å²) in [5.41, 5.74) is 0.671. The van der Waals surface area contributed by atoms with Crippen LogP contribution in [-0.4, -0.2) is 39.1 Å². The van der Waals surface area contributed by atoms with Gasteiger partial charge in [0.1, 0.15) is 5.75 Å². The molecule has 1 fully saturated rings. The summed E-state index contributed by atoms with van der Waals surface area (Å²) in [7, 11) is 0. The van der Waals surface area contributed by atoms with Gasteiger partial charge in [0.15, 0.2) is 0 Å². The first-order valence-corrected chi connectivity index (χ1v) is 7.19. The molecule has 2 amide bonds. The highest BCUT2D eigenvalue weighted by Crippen LogP contribution is 2.18. The zero-order chi connectivity index (χ0) is 14.9. The molecule has 1 aliphatic rings. The van der Waals surface area contributed by atoms with E-state index in [0.717, 1.165) is 25.4 Å². The zero-order valence-electron chi connectivity index (χ0n) is 11.9. The van der Waals surface area contributed by atoms with Crippen molar-refractivity contribution in [3.8, 4) is 5.75 Å². The van der Waals surface area contributed by atoms with Gasteiger partial charge in [-0.25, -0.2) is 4.79 Å². The maximum Gasteiger partial charge on any atom is 0.319 e. The molecule has 2 rings (SSSR count). The van der Waals surface area contributed by atoms with Gasteiger partial charge in [-0.2, -0.15) is 0 Å². The minimum absolute atomic E-state index is 0.324. The number of amides is 2. The van der Waals surface area contributed by atoms with Gasteiger partial charge in [0, 0.05) is 24.8 Å². The van der Waals surface area contributed by atoms with Gasteiger partial charge in [-0.05, 0) is 37.1 Å². The maximum absolute atomic E-state index is 11.9. The van der Waals surface area contributed by atoms with Crippen LogP contribution in [0.15, 0.2) is 24.3 Å². The Hall–Kier alpha value is -1.82. The van der Waals surface area contributed by atoms with Crippen LogP contribution in [0.5, 0.6) is 5.75 Å². The molecule has 0 aromatic heterocycles. The van der Waals surface area contributed by atoms with E-state index in [2.05, 4.69) is 10.6 Å². The van der Waals surface area contributed by atoms with Crippen LogP contribution in [0.25, 0.3) is 0 Å². The fourth-order valence-electron chi connectivity index (χ4n) is 2.01. The molecule has 2 N–H and O–H groups in total. The third-order valence-electron chi connectivity index (χ3n) is 3.22. The molecule has 116 valence electrons. The minimum atomic E-state index is -0.432. The summed E-state index contributed by atoms with van der Waals surface area (Å²) in [6.07, 6.45) is 1.36. The number of carbonyl (C=O) groups is 1. The fourth-order valence-corrected chi connectivity index (χ4v) is 2.01. The van der Waals surface area contributed by atoms with Crippen LogP contribution in [0, 0.1) is 5.92 Å². The summed E-state index contributed by atoms with van der Waals surface area (Å²) >= 11 is 0. The first-order chi connectivity index (χ1) is 10.3. The van der Waals surface area contributed by atoms with Crippen LogP contribution in [0.1, 0.15) is 12.8 Å². The van der Waals surface area contributed by atoms with Gasteiger partial charge in [-0.3, -0.25) is 4.39 Å². The molecule has 1 aromatic carbocycles. The van der Waals surface area contributed by atoms with Gasteiger partial charge >= 0.3 is 6.03 Å². The molecule has 6 heteroatoms. The quantitative estimate of drug-likeness (QED) is 0.760. The Morgan fingerprint density at radius 3 is 2.86 bits per heavy atom. The second kappa shape index (κ2) is 8.46. The lowest BCUT2D eigenvalue weighted by atomic mass is 10.1. The van der Waals surface area contributed by atoms with Gasteiger partial charge < -0.3 is 20.1 Å². The third-order valence-corrected chi connectivity index (χ3v) is 3.22. The molecule has 1 aromatic rings. The second-order valence-electron chi connectivity index (χ2n) is 4.99. The summed E-state index contributed by atoms with van der Waals surface area (Å²) in [4.78, 5) is 11.5. The van der Waals surface area contributed by atoms with Crippen LogP contribution in [-0.2, 0) is 4.74 Å². The highest BCUT2D eigenvalue weighted by molar-refractivity contribution is 5.89. The zero-order valence-corrected chi connectivity index (χ0v) is 11.9. The number of carbonyl (C=O) groups excluding carboxylic acids is 1. The average molecular weight is 296 g/mol. The monoisotopic (exact) mass is 296 g/mol. The van der Waals surface area contributed by atoms with Crippen molar-refractivity contribution in [2.45, 2.75) is 12.8 Å². The number of hydrogen-bond donors (Lipinski definition) is 2. The van der Waals surface area contributed by atoms with Crippen molar-refractivity contribution in [3.63, 3.8) is 0 Å². The van der Waals surface area contributed by atoms with Crippen molar-refractivity contribution >= 4 is 11.7 Å². The molecule has 1 saturated heterocycles. The summed E-state index contributed by atoms with van der Waals surface area (Å²) < 4.78 is 22.9. The molecule has 21 heavy (non-hydrogen) atoms. The fraction of sp³-hybridized carbons (Fsp3) is 0.533. The summed E-state index contributed by atoms with van der Waals surface area (Å²) in [6.45, 7) is 2.12. The number of nitrogens with one attached hydrogen (secondary N) is 2. The average Bonchev–Trinajstić information content (AvgIpc) is 3.00. The van der Waals surface area contributed by atoms with Crippen LogP contribution in [0.3, 0.4) is 0 Å². The number of hydrogen-bond acceptors (Lipinski definition) is 3. The van der Waals surface area contributed by atoms with Gasteiger partial charge in [-0.15, -0.1) is 0 Å². The summed E-state index contributed by atoms with van der Waals surface area (Å²) in [5, 5.41) is 5.25. The standard InChI is InChI=1S/C15H21FN2O3/c16-7-1-8-17-15(19)18-13-2-4-14(5-3-13)21-11-12-6-9-20-10-12/h2-5,12H,1,6-11H2,(H2,17,18,19)/t12-/m1/s1. The smallest absolute Gasteiger partial charge is 0.319 e. The first-order valence-electron chi connectivity index (χ1n) is 7.19. The summed E-state index contributed by atoms with van der Waals surface area (Å²) in [6, 6.07) is 6.84. The predicted octanol–water partition coefficient (Wildman–Crippen LogP) is 2.58. The number of benzene rings is 1. The van der Waals surface area contributed by atoms with Gasteiger partial charge in [-0.1, -0.05) is 0 Å². The number of halogens is 1. The molecule has 1 heterocycles. The number of anilines is 1. The van der Waals surface area contributed by atoms with E-state index < -0.39 is 6.67 Å². The van der Waals surface area contributed by atoms with Crippen molar-refractivity contribution in [1.29, 1.82) is 0 Å². The molecule has 0 bridgehead atoms. The topological polar surface area (TPSA) is 59.6 Å². The van der Waals surface area contributed by atoms with Gasteiger partial charge in [0.2, 0.25) is 0 Å². The van der Waals surface area contributed by atoms with E-state index in [1.165, 1.54) is 0 Å². The Balaban J connectivity index is 1.71. The molecule has 0 aliphatic carbocycles. The van der Waals surface area contributed by atoms with Gasteiger partial charge in [0.25, 0.3) is 0 Å². The van der Waals surface area contributed by atoms with E-state index in [1.54, 1.807) is 12.1 Å². The van der Waals surface area contributed by atoms with E-state index >= 15 is 0 Å². The van der Waals surface area contributed by atoms with E-state index in [9.17, 15) is 9.18 Å². The Morgan fingerprint density at radius 1 is 1.38 bits per heavy atom. The normalized spacial score (nSPS) is 17.5. The van der Waals surface area contributed by atoms with E-state index in [4.69, 9.17) is 9.47 Å². The van der Waals surface area contributed by atoms with E-state index in [1.807, 2.05) is 12.1 Å². The third kappa shape index (κ3) is 5.59. The van der Waals surface area contributed by atoms with Crippen LogP contribution in [0.2, 0.25) is 0 Å². The molecule has 0 unspecified atom stereocenters. The van der Waals surface area contributed by atoms with Gasteiger partial charge in [0.05, 0.1) is 19.9 Å². The summed E-state index contributed by atoms with van der Waals surface area (Å²) in [5.74, 6) is 1.23. The van der Waals surface area contributed by atoms with E-state index in [0.29, 0.717) is 31.2 Å². The van der Waals surface area contributed by atoms with Crippen molar-refractivity contribution in [2.24, 2.45) is 5.92 Å². The van der Waals surface area contributed by atoms with E-state index in [-0.39, 0.29) is 6.03 Å². The number of alkyl halides is 1. The molecule has 0 saturated carbocycles. The number of urea groups is 1. The minimum Gasteiger partial charge on any atom is -0.493 e. The van der Waals surface area contributed by atoms with Crippen LogP contribution >= 0.6 is 0 Å². The lowest BCUT2D eigenvalue weighted by molar-refractivity contribution is 0.167. The predicted molar refractivity (Wildman–Crippen MR) is 78.5 cm³/mol. The van der Waals surface area contributed by atoms with Crippen molar-refractivity contribution in [2.75, 3.05) is 38.4 Å². The highest BCUT2D eigenvalue weighted by Gasteiger charge is 2.16. The molecule has 0 spiro atoms. The second-order valence-corrected chi connectivity index (χ2v) is 4.99. The highest BCUT2D eigenvalue weighted by atomic mass is 19.1. The molecule has 1 aliphatic heterocycles. The maximum atomic E-state index is 11.9. The molecule has 1 atom stereocenters. The molecule has 0 radical (unpaired) electrons. The van der Waals surface area contributed by atoms with Crippen LogP contribution < -0.4 is 15.4 Å². The number of ether oxygens (including phenoxy) is 2. The SMILES string of the molecule is O=C(NCCCF)Nc1ccc(OC[C@@H]2CCOC2)cc1. The van der Waals surface area contributed by atoms with Crippen LogP contribution in [0.4, 0.5) is 14.9 Å². The van der Waals surface area contributed by atoms with Crippen molar-refractivity contribution in [3.05, 3.63) is 24.3 Å². The lowest BCUT2D eigenvalue weighted by Gasteiger charge is -2.11. The number of rotatable bonds is 7. The molecule has 5 nitrogen and oxygen atoms in total. The Labute approximate surface area is 123 Å². The Bertz CT molecular complexity index is 433. The largest absolute Gasteiger partial charge is 0.493 e. The molecular formula is C15H21FN2O3.